The molecule has 5 rings (SSSR count). The first-order chi connectivity index (χ1) is 16.7. The minimum Gasteiger partial charge on any atom is -0.484 e. The first-order valence-corrected chi connectivity index (χ1v) is 11.9. The Morgan fingerprint density at radius 3 is 2.74 bits per heavy atom. The van der Waals surface area contributed by atoms with Gasteiger partial charge in [-0.1, -0.05) is 35.5 Å². The Balaban J connectivity index is 1.31. The molecule has 176 valence electrons. The zero-order valence-electron chi connectivity index (χ0n) is 19.1. The van der Waals surface area contributed by atoms with E-state index < -0.39 is 0 Å². The molecule has 0 radical (unpaired) electrons. The molecular weight excluding hydrogens is 432 g/mol. The zero-order chi connectivity index (χ0) is 23.3. The van der Waals surface area contributed by atoms with Gasteiger partial charge in [0.05, 0.1) is 0 Å². The summed E-state index contributed by atoms with van der Waals surface area (Å²) in [6.07, 6.45) is 5.20. The topological polar surface area (TPSA) is 88.8 Å². The highest BCUT2D eigenvalue weighted by Crippen LogP contribution is 2.32. The highest BCUT2D eigenvalue weighted by Gasteiger charge is 2.32. The number of ether oxygens (including phenoxy) is 1. The summed E-state index contributed by atoms with van der Waals surface area (Å²) in [5.41, 5.74) is 1.63. The van der Waals surface area contributed by atoms with Crippen LogP contribution in [0.1, 0.15) is 50.5 Å². The zero-order valence-corrected chi connectivity index (χ0v) is 19.1. The lowest BCUT2D eigenvalue weighted by Gasteiger charge is -2.33. The van der Waals surface area contributed by atoms with Crippen molar-refractivity contribution in [2.24, 2.45) is 0 Å². The van der Waals surface area contributed by atoms with Crippen molar-refractivity contribution in [2.45, 2.75) is 44.6 Å². The van der Waals surface area contributed by atoms with Gasteiger partial charge in [0.1, 0.15) is 11.8 Å². The van der Waals surface area contributed by atoms with Crippen LogP contribution in [0, 0.1) is 0 Å². The normalized spacial score (nSPS) is 18.7. The maximum atomic E-state index is 13.0. The van der Waals surface area contributed by atoms with E-state index in [-0.39, 0.29) is 24.5 Å². The average Bonchev–Trinajstić information content (AvgIpc) is 3.39. The fourth-order valence-electron chi connectivity index (χ4n) is 4.61. The van der Waals surface area contributed by atoms with Crippen LogP contribution in [0.15, 0.2) is 59.1 Å². The van der Waals surface area contributed by atoms with Crippen LogP contribution < -0.4 is 9.64 Å². The molecule has 0 unspecified atom stereocenters. The molecular formula is C26H28N4O4. The van der Waals surface area contributed by atoms with Gasteiger partial charge in [-0.3, -0.25) is 9.59 Å². The second kappa shape index (κ2) is 10.1. The Labute approximate surface area is 198 Å². The highest BCUT2D eigenvalue weighted by molar-refractivity contribution is 5.94. The quantitative estimate of drug-likeness (QED) is 0.542. The number of hydrogen-bond donors (Lipinski definition) is 0. The van der Waals surface area contributed by atoms with E-state index in [1.165, 1.54) is 0 Å². The van der Waals surface area contributed by atoms with Gasteiger partial charge in [0, 0.05) is 30.8 Å². The smallest absolute Gasteiger partial charge is 0.261 e. The summed E-state index contributed by atoms with van der Waals surface area (Å²) in [5, 5.41) is 4.20. The molecule has 2 aromatic carbocycles. The summed E-state index contributed by atoms with van der Waals surface area (Å²) in [6.45, 7) is 1.32. The van der Waals surface area contributed by atoms with E-state index in [1.807, 2.05) is 59.5 Å². The van der Waals surface area contributed by atoms with Crippen LogP contribution in [-0.4, -0.2) is 46.6 Å². The molecule has 2 aliphatic heterocycles. The van der Waals surface area contributed by atoms with Crippen molar-refractivity contribution in [1.82, 2.24) is 15.0 Å². The number of rotatable bonds is 6. The number of aromatic nitrogens is 2. The van der Waals surface area contributed by atoms with Crippen LogP contribution >= 0.6 is 0 Å². The van der Waals surface area contributed by atoms with Gasteiger partial charge in [0.2, 0.25) is 17.6 Å². The van der Waals surface area contributed by atoms with E-state index in [1.54, 1.807) is 4.90 Å². The Bertz CT molecular complexity index is 1150. The van der Waals surface area contributed by atoms with E-state index in [0.29, 0.717) is 30.4 Å². The predicted octanol–water partition coefficient (Wildman–Crippen LogP) is 4.39. The number of para-hydroxylation sites is 1. The number of anilines is 1. The number of piperidine rings is 2. The van der Waals surface area contributed by atoms with E-state index in [0.717, 1.165) is 49.9 Å². The second-order valence-corrected chi connectivity index (χ2v) is 8.71. The number of amides is 2. The minimum absolute atomic E-state index is 0.0343. The first kappa shape index (κ1) is 22.1. The van der Waals surface area contributed by atoms with Crippen molar-refractivity contribution in [2.75, 3.05) is 24.6 Å². The molecule has 34 heavy (non-hydrogen) atoms. The standard InChI is InChI=1S/C26H28N4O4/c31-23-14-5-7-15-29(23)20-10-8-9-19(17-20)25-27-26(34-28-25)22-13-4-6-16-30(22)24(32)18-33-21-11-2-1-3-12-21/h1-3,8-12,17,22H,4-7,13-16,18H2/t22-/m1/s1. The molecule has 3 aromatic rings. The number of carbonyl (C=O) groups excluding carboxylic acids is 2. The molecule has 1 aromatic heterocycles. The molecule has 0 spiro atoms. The van der Waals surface area contributed by atoms with Crippen molar-refractivity contribution in [3.05, 3.63) is 60.5 Å². The Morgan fingerprint density at radius 2 is 1.88 bits per heavy atom. The summed E-state index contributed by atoms with van der Waals surface area (Å²) < 4.78 is 11.3. The number of hydrogen-bond acceptors (Lipinski definition) is 6. The largest absolute Gasteiger partial charge is 0.484 e. The van der Waals surface area contributed by atoms with Gasteiger partial charge in [-0.25, -0.2) is 0 Å². The van der Waals surface area contributed by atoms with Crippen molar-refractivity contribution >= 4 is 17.5 Å². The monoisotopic (exact) mass is 460 g/mol. The lowest BCUT2D eigenvalue weighted by molar-refractivity contribution is -0.138. The molecule has 0 saturated carbocycles. The SMILES string of the molecule is O=C1CCCCN1c1cccc(-c2noc([C@H]3CCCCN3C(=O)COc3ccccc3)n2)c1. The fourth-order valence-corrected chi connectivity index (χ4v) is 4.61. The summed E-state index contributed by atoms with van der Waals surface area (Å²) in [5.74, 6) is 1.60. The minimum atomic E-state index is -0.270. The molecule has 8 heteroatoms. The molecule has 8 nitrogen and oxygen atoms in total. The van der Waals surface area contributed by atoms with Crippen LogP contribution in [-0.2, 0) is 9.59 Å². The molecule has 0 bridgehead atoms. The van der Waals surface area contributed by atoms with Gasteiger partial charge in [0.15, 0.2) is 6.61 Å². The van der Waals surface area contributed by atoms with Gasteiger partial charge < -0.3 is 19.1 Å². The maximum absolute atomic E-state index is 13.0. The molecule has 2 fully saturated rings. The third-order valence-electron chi connectivity index (χ3n) is 6.39. The third-order valence-corrected chi connectivity index (χ3v) is 6.39. The van der Waals surface area contributed by atoms with Crippen LogP contribution in [0.3, 0.4) is 0 Å². The van der Waals surface area contributed by atoms with E-state index in [2.05, 4.69) is 10.1 Å². The summed E-state index contributed by atoms with van der Waals surface area (Å²) in [7, 11) is 0. The predicted molar refractivity (Wildman–Crippen MR) is 126 cm³/mol. The second-order valence-electron chi connectivity index (χ2n) is 8.71. The van der Waals surface area contributed by atoms with Crippen molar-refractivity contribution < 1.29 is 18.8 Å². The van der Waals surface area contributed by atoms with Crippen molar-refractivity contribution in [3.63, 3.8) is 0 Å². The van der Waals surface area contributed by atoms with Crippen LogP contribution in [0.25, 0.3) is 11.4 Å². The lowest BCUT2D eigenvalue weighted by atomic mass is 10.0. The molecule has 0 aliphatic carbocycles. The number of nitrogens with zero attached hydrogens (tertiary/aromatic N) is 4. The first-order valence-electron chi connectivity index (χ1n) is 11.9. The molecule has 0 N–H and O–H groups in total. The van der Waals surface area contributed by atoms with E-state index >= 15 is 0 Å². The highest BCUT2D eigenvalue weighted by atomic mass is 16.5. The van der Waals surface area contributed by atoms with E-state index in [9.17, 15) is 9.59 Å². The molecule has 2 saturated heterocycles. The Morgan fingerprint density at radius 1 is 1.03 bits per heavy atom. The maximum Gasteiger partial charge on any atom is 0.261 e. The summed E-state index contributed by atoms with van der Waals surface area (Å²) in [6, 6.07) is 16.7. The Kier molecular flexibility index (Phi) is 6.56. The average molecular weight is 461 g/mol. The van der Waals surface area contributed by atoms with Gasteiger partial charge >= 0.3 is 0 Å². The molecule has 3 heterocycles. The molecule has 2 aliphatic rings. The van der Waals surface area contributed by atoms with Crippen molar-refractivity contribution in [3.8, 4) is 17.1 Å². The van der Waals surface area contributed by atoms with Crippen molar-refractivity contribution in [1.29, 1.82) is 0 Å². The van der Waals surface area contributed by atoms with E-state index in [4.69, 9.17) is 9.26 Å². The fraction of sp³-hybridized carbons (Fsp3) is 0.385. The van der Waals surface area contributed by atoms with Crippen LogP contribution in [0.2, 0.25) is 0 Å². The molecule has 1 atom stereocenters. The van der Waals surface area contributed by atoms with Crippen LogP contribution in [0.4, 0.5) is 5.69 Å². The van der Waals surface area contributed by atoms with Gasteiger partial charge in [-0.15, -0.1) is 0 Å². The third kappa shape index (κ3) is 4.81. The van der Waals surface area contributed by atoms with Gasteiger partial charge in [0.25, 0.3) is 5.91 Å². The number of carbonyl (C=O) groups is 2. The Hall–Kier alpha value is -3.68. The summed E-state index contributed by atoms with van der Waals surface area (Å²) >= 11 is 0. The number of benzene rings is 2. The van der Waals surface area contributed by atoms with Gasteiger partial charge in [-0.05, 0) is 56.4 Å². The number of likely N-dealkylation sites (tertiary alicyclic amines) is 1. The lowest BCUT2D eigenvalue weighted by Crippen LogP contribution is -2.41. The summed E-state index contributed by atoms with van der Waals surface area (Å²) in [4.78, 5) is 33.5. The van der Waals surface area contributed by atoms with Crippen LogP contribution in [0.5, 0.6) is 5.75 Å². The molecule has 2 amide bonds. The van der Waals surface area contributed by atoms with Gasteiger partial charge in [-0.2, -0.15) is 4.98 Å².